The van der Waals surface area contributed by atoms with Gasteiger partial charge in [-0.05, 0) is 36.9 Å². The number of aliphatic imine (C=N–C) groups is 2. The monoisotopic (exact) mass is 367 g/mol. The van der Waals surface area contributed by atoms with Crippen LogP contribution in [0.5, 0.6) is 0 Å². The average molecular weight is 367 g/mol. The van der Waals surface area contributed by atoms with Crippen molar-refractivity contribution >= 4 is 18.6 Å². The van der Waals surface area contributed by atoms with Gasteiger partial charge in [0.05, 0.1) is 24.5 Å². The standard InChI is InChI=1S/C20H19F2N5/c1-4-19-16-9-18(22)17(21)8-15(16)13(2)27(19)14(10-23-3)11-24-12-20-25-6-5-7-26-20/h5-11,19H,2-4,12H2,1H3/b14-10+,24-11?. The number of allylic oxidation sites excluding steroid dienone is 1. The summed E-state index contributed by atoms with van der Waals surface area (Å²) in [6, 6.07) is 3.95. The molecule has 1 unspecified atom stereocenters. The molecule has 27 heavy (non-hydrogen) atoms. The Balaban J connectivity index is 1.92. The zero-order chi connectivity index (χ0) is 19.4. The molecule has 1 aliphatic heterocycles. The fourth-order valence-electron chi connectivity index (χ4n) is 3.17. The minimum atomic E-state index is -0.895. The van der Waals surface area contributed by atoms with E-state index in [1.54, 1.807) is 30.9 Å². The fraction of sp³-hybridized carbons (Fsp3) is 0.200. The third-order valence-electron chi connectivity index (χ3n) is 4.33. The normalized spacial score (nSPS) is 16.9. The van der Waals surface area contributed by atoms with Crippen LogP contribution >= 0.6 is 0 Å². The van der Waals surface area contributed by atoms with Crippen LogP contribution in [0.1, 0.15) is 36.3 Å². The van der Waals surface area contributed by atoms with E-state index in [9.17, 15) is 8.78 Å². The lowest BCUT2D eigenvalue weighted by atomic mass is 10.0. The Morgan fingerprint density at radius 3 is 2.63 bits per heavy atom. The minimum absolute atomic E-state index is 0.199. The Morgan fingerprint density at radius 1 is 1.26 bits per heavy atom. The summed E-state index contributed by atoms with van der Waals surface area (Å²) >= 11 is 0. The van der Waals surface area contributed by atoms with Crippen molar-refractivity contribution in [1.29, 1.82) is 0 Å². The number of nitrogens with zero attached hydrogens (tertiary/aromatic N) is 5. The lowest BCUT2D eigenvalue weighted by Crippen LogP contribution is -2.21. The maximum absolute atomic E-state index is 13.8. The molecule has 0 saturated carbocycles. The van der Waals surface area contributed by atoms with Crippen molar-refractivity contribution in [3.63, 3.8) is 0 Å². The first kappa shape index (κ1) is 18.6. The van der Waals surface area contributed by atoms with Gasteiger partial charge in [-0.1, -0.05) is 13.5 Å². The predicted octanol–water partition coefficient (Wildman–Crippen LogP) is 4.31. The van der Waals surface area contributed by atoms with Crippen LogP contribution in [0.15, 0.2) is 59.1 Å². The molecule has 0 fully saturated rings. The Morgan fingerprint density at radius 2 is 1.96 bits per heavy atom. The number of halogens is 2. The molecule has 7 heteroatoms. The van der Waals surface area contributed by atoms with E-state index in [1.165, 1.54) is 12.1 Å². The molecular weight excluding hydrogens is 348 g/mol. The van der Waals surface area contributed by atoms with Crippen molar-refractivity contribution in [2.24, 2.45) is 9.98 Å². The highest BCUT2D eigenvalue weighted by Crippen LogP contribution is 2.45. The summed E-state index contributed by atoms with van der Waals surface area (Å²) in [4.78, 5) is 18.3. The average Bonchev–Trinajstić information content (AvgIpc) is 2.93. The minimum Gasteiger partial charge on any atom is -0.331 e. The van der Waals surface area contributed by atoms with Gasteiger partial charge < -0.3 is 4.90 Å². The summed E-state index contributed by atoms with van der Waals surface area (Å²) in [6.07, 6.45) is 7.13. The number of hydrogen-bond donors (Lipinski definition) is 0. The molecular formula is C20H19F2N5. The van der Waals surface area contributed by atoms with E-state index >= 15 is 0 Å². The second-order valence-electron chi connectivity index (χ2n) is 5.97. The van der Waals surface area contributed by atoms with Gasteiger partial charge in [0, 0.05) is 29.9 Å². The Hall–Kier alpha value is -3.22. The lowest BCUT2D eigenvalue weighted by molar-refractivity contribution is 0.390. The third-order valence-corrected chi connectivity index (χ3v) is 4.33. The van der Waals surface area contributed by atoms with E-state index < -0.39 is 11.6 Å². The molecule has 1 aromatic carbocycles. The molecule has 138 valence electrons. The summed E-state index contributed by atoms with van der Waals surface area (Å²) in [7, 11) is 0. The molecule has 0 spiro atoms. The third kappa shape index (κ3) is 3.67. The second kappa shape index (κ2) is 7.99. The largest absolute Gasteiger partial charge is 0.331 e. The van der Waals surface area contributed by atoms with Gasteiger partial charge in [0.1, 0.15) is 5.82 Å². The quantitative estimate of drug-likeness (QED) is 0.715. The van der Waals surface area contributed by atoms with E-state index in [-0.39, 0.29) is 6.04 Å². The van der Waals surface area contributed by atoms with Crippen LogP contribution in [0, 0.1) is 11.6 Å². The van der Waals surface area contributed by atoms with Crippen molar-refractivity contribution in [1.82, 2.24) is 14.9 Å². The van der Waals surface area contributed by atoms with E-state index in [4.69, 9.17) is 0 Å². The molecule has 5 nitrogen and oxygen atoms in total. The second-order valence-corrected chi connectivity index (χ2v) is 5.97. The van der Waals surface area contributed by atoms with Crippen molar-refractivity contribution in [3.05, 3.63) is 77.7 Å². The van der Waals surface area contributed by atoms with Gasteiger partial charge in [0.2, 0.25) is 0 Å². The number of rotatable bonds is 6. The molecule has 1 atom stereocenters. The van der Waals surface area contributed by atoms with E-state index in [0.717, 1.165) is 0 Å². The van der Waals surface area contributed by atoms with Crippen LogP contribution in [0.25, 0.3) is 5.70 Å². The van der Waals surface area contributed by atoms with Crippen LogP contribution in [0.2, 0.25) is 0 Å². The van der Waals surface area contributed by atoms with E-state index in [2.05, 4.69) is 33.2 Å². The first-order valence-corrected chi connectivity index (χ1v) is 8.46. The molecule has 1 aromatic heterocycles. The molecule has 3 rings (SSSR count). The first-order valence-electron chi connectivity index (χ1n) is 8.46. The van der Waals surface area contributed by atoms with Gasteiger partial charge in [0.25, 0.3) is 0 Å². The highest BCUT2D eigenvalue weighted by atomic mass is 19.2. The maximum atomic E-state index is 13.8. The van der Waals surface area contributed by atoms with Crippen LogP contribution in [0.4, 0.5) is 8.78 Å². The zero-order valence-electron chi connectivity index (χ0n) is 14.9. The SMILES string of the molecule is C=N/C=C(\C=NCc1ncccn1)N1C(=C)c2cc(F)c(F)cc2C1CC. The Labute approximate surface area is 156 Å². The van der Waals surface area contributed by atoms with Gasteiger partial charge in [-0.15, -0.1) is 0 Å². The van der Waals surface area contributed by atoms with Crippen LogP contribution < -0.4 is 0 Å². The Bertz CT molecular complexity index is 921. The molecule has 2 aromatic rings. The van der Waals surface area contributed by atoms with Gasteiger partial charge in [-0.25, -0.2) is 18.7 Å². The number of hydrogen-bond acceptors (Lipinski definition) is 5. The molecule has 0 bridgehead atoms. The molecule has 0 radical (unpaired) electrons. The van der Waals surface area contributed by atoms with Crippen molar-refractivity contribution in [3.8, 4) is 0 Å². The molecule has 0 N–H and O–H groups in total. The highest BCUT2D eigenvalue weighted by molar-refractivity contribution is 5.84. The van der Waals surface area contributed by atoms with Gasteiger partial charge in [-0.2, -0.15) is 0 Å². The summed E-state index contributed by atoms with van der Waals surface area (Å²) < 4.78 is 27.5. The number of fused-ring (bicyclic) bond motifs is 1. The zero-order valence-corrected chi connectivity index (χ0v) is 14.9. The topological polar surface area (TPSA) is 53.7 Å². The molecule has 0 amide bonds. The van der Waals surface area contributed by atoms with Crippen molar-refractivity contribution in [2.75, 3.05) is 0 Å². The molecule has 0 saturated heterocycles. The van der Waals surface area contributed by atoms with Crippen LogP contribution in [0.3, 0.4) is 0 Å². The predicted molar refractivity (Wildman–Crippen MR) is 102 cm³/mol. The van der Waals surface area contributed by atoms with Crippen LogP contribution in [-0.4, -0.2) is 27.8 Å². The van der Waals surface area contributed by atoms with E-state index in [0.29, 0.717) is 41.3 Å². The van der Waals surface area contributed by atoms with Crippen LogP contribution in [-0.2, 0) is 6.54 Å². The smallest absolute Gasteiger partial charge is 0.159 e. The van der Waals surface area contributed by atoms with E-state index in [1.807, 2.05) is 11.8 Å². The number of benzene rings is 1. The highest BCUT2D eigenvalue weighted by Gasteiger charge is 2.34. The van der Waals surface area contributed by atoms with Gasteiger partial charge in [0.15, 0.2) is 11.6 Å². The lowest BCUT2D eigenvalue weighted by Gasteiger charge is -2.27. The summed E-state index contributed by atoms with van der Waals surface area (Å²) in [5.41, 5.74) is 2.45. The summed E-state index contributed by atoms with van der Waals surface area (Å²) in [6.45, 7) is 9.83. The Kier molecular flexibility index (Phi) is 5.49. The molecule has 0 aliphatic carbocycles. The summed E-state index contributed by atoms with van der Waals surface area (Å²) in [5, 5.41) is 0. The van der Waals surface area contributed by atoms with Crippen molar-refractivity contribution in [2.45, 2.75) is 25.9 Å². The fourth-order valence-corrected chi connectivity index (χ4v) is 3.17. The van der Waals surface area contributed by atoms with Crippen molar-refractivity contribution < 1.29 is 8.78 Å². The van der Waals surface area contributed by atoms with Gasteiger partial charge >= 0.3 is 0 Å². The molecule has 1 aliphatic rings. The molecule has 2 heterocycles. The number of aromatic nitrogens is 2. The first-order chi connectivity index (χ1) is 13.1. The summed E-state index contributed by atoms with van der Waals surface area (Å²) in [5.74, 6) is -1.18. The van der Waals surface area contributed by atoms with Gasteiger partial charge in [-0.3, -0.25) is 9.98 Å². The maximum Gasteiger partial charge on any atom is 0.159 e.